The molecule has 0 unspecified atom stereocenters. The van der Waals surface area contributed by atoms with Gasteiger partial charge < -0.3 is 4.90 Å². The number of nitrogens with zero attached hydrogens (tertiary/aromatic N) is 5. The molecular weight excluding hydrogens is 359 g/mol. The van der Waals surface area contributed by atoms with Crippen molar-refractivity contribution in [3.8, 4) is 0 Å². The molecule has 1 amide bonds. The molecule has 1 aliphatic heterocycles. The van der Waals surface area contributed by atoms with Crippen LogP contribution in [0, 0.1) is 13.8 Å². The first-order valence-corrected chi connectivity index (χ1v) is 9.32. The van der Waals surface area contributed by atoms with Crippen LogP contribution in [0.4, 0.5) is 13.2 Å². The summed E-state index contributed by atoms with van der Waals surface area (Å²) in [6, 6.07) is 0.290. The van der Waals surface area contributed by atoms with Gasteiger partial charge in [-0.15, -0.1) is 5.10 Å². The highest BCUT2D eigenvalue weighted by atomic mass is 19.4. The standard InChI is InChI=1S/C18H24F3N5O/c1-4-13-7-5-6-10-25(13)15(27)9-8-14-11(2)22-17-23-16(18(19,20)21)24-26(17)12(14)3/h13H,4-10H2,1-3H3/t13-/m0/s1. The number of halogens is 3. The molecule has 0 spiro atoms. The first-order valence-electron chi connectivity index (χ1n) is 9.32. The van der Waals surface area contributed by atoms with Gasteiger partial charge in [0, 0.05) is 30.4 Å². The fourth-order valence-electron chi connectivity index (χ4n) is 3.82. The van der Waals surface area contributed by atoms with Crippen LogP contribution in [0.1, 0.15) is 61.8 Å². The van der Waals surface area contributed by atoms with Crippen LogP contribution in [0.3, 0.4) is 0 Å². The number of piperidine rings is 1. The first kappa shape index (κ1) is 19.6. The molecule has 1 fully saturated rings. The molecule has 1 saturated heterocycles. The summed E-state index contributed by atoms with van der Waals surface area (Å²) in [4.78, 5) is 22.3. The third-order valence-electron chi connectivity index (χ3n) is 5.31. The monoisotopic (exact) mass is 383 g/mol. The van der Waals surface area contributed by atoms with Crippen molar-refractivity contribution in [1.82, 2.24) is 24.5 Å². The lowest BCUT2D eigenvalue weighted by molar-refractivity contribution is -0.144. The zero-order valence-electron chi connectivity index (χ0n) is 15.8. The van der Waals surface area contributed by atoms with Crippen molar-refractivity contribution in [2.75, 3.05) is 6.54 Å². The van der Waals surface area contributed by atoms with Crippen LogP contribution in [-0.4, -0.2) is 43.0 Å². The highest BCUT2D eigenvalue weighted by Crippen LogP contribution is 2.27. The number of likely N-dealkylation sites (tertiary alicyclic amines) is 1. The molecule has 1 atom stereocenters. The third kappa shape index (κ3) is 3.91. The third-order valence-corrected chi connectivity index (χ3v) is 5.31. The number of amides is 1. The fourth-order valence-corrected chi connectivity index (χ4v) is 3.82. The number of fused-ring (bicyclic) bond motifs is 1. The Morgan fingerprint density at radius 1 is 1.22 bits per heavy atom. The number of hydrogen-bond acceptors (Lipinski definition) is 4. The van der Waals surface area contributed by atoms with Gasteiger partial charge in [-0.2, -0.15) is 18.2 Å². The molecular formula is C18H24F3N5O. The van der Waals surface area contributed by atoms with Gasteiger partial charge in [0.15, 0.2) is 0 Å². The second-order valence-electron chi connectivity index (χ2n) is 7.05. The van der Waals surface area contributed by atoms with Crippen molar-refractivity contribution < 1.29 is 18.0 Å². The summed E-state index contributed by atoms with van der Waals surface area (Å²) in [5.74, 6) is -1.19. The minimum atomic E-state index is -4.62. The molecule has 0 saturated carbocycles. The van der Waals surface area contributed by atoms with E-state index in [1.165, 1.54) is 0 Å². The maximum absolute atomic E-state index is 12.9. The van der Waals surface area contributed by atoms with E-state index in [1.807, 2.05) is 4.90 Å². The van der Waals surface area contributed by atoms with E-state index in [4.69, 9.17) is 0 Å². The Kier molecular flexibility index (Phi) is 5.39. The lowest BCUT2D eigenvalue weighted by atomic mass is 9.98. The fraction of sp³-hybridized carbons (Fsp3) is 0.667. The molecule has 0 radical (unpaired) electrons. The summed E-state index contributed by atoms with van der Waals surface area (Å²) in [6.45, 7) is 6.28. The molecule has 0 bridgehead atoms. The van der Waals surface area contributed by atoms with Crippen molar-refractivity contribution >= 4 is 11.7 Å². The van der Waals surface area contributed by atoms with Crippen LogP contribution in [-0.2, 0) is 17.4 Å². The molecule has 3 rings (SSSR count). The van der Waals surface area contributed by atoms with E-state index in [0.717, 1.165) is 42.3 Å². The predicted molar refractivity (Wildman–Crippen MR) is 93.2 cm³/mol. The average Bonchev–Trinajstić information content (AvgIpc) is 3.05. The minimum Gasteiger partial charge on any atom is -0.340 e. The molecule has 27 heavy (non-hydrogen) atoms. The number of rotatable bonds is 4. The summed E-state index contributed by atoms with van der Waals surface area (Å²) in [6.07, 6.45) is 0.263. The molecule has 9 heteroatoms. The van der Waals surface area contributed by atoms with E-state index in [2.05, 4.69) is 22.0 Å². The summed E-state index contributed by atoms with van der Waals surface area (Å²) < 4.78 is 39.7. The van der Waals surface area contributed by atoms with Crippen molar-refractivity contribution in [2.45, 2.75) is 71.5 Å². The van der Waals surface area contributed by atoms with E-state index >= 15 is 0 Å². The van der Waals surface area contributed by atoms with Crippen molar-refractivity contribution in [3.63, 3.8) is 0 Å². The number of carbonyl (C=O) groups is 1. The average molecular weight is 383 g/mol. The van der Waals surface area contributed by atoms with Crippen LogP contribution >= 0.6 is 0 Å². The van der Waals surface area contributed by atoms with Gasteiger partial charge in [0.2, 0.25) is 5.91 Å². The zero-order chi connectivity index (χ0) is 19.8. The van der Waals surface area contributed by atoms with Gasteiger partial charge in [-0.3, -0.25) is 4.79 Å². The maximum Gasteiger partial charge on any atom is 0.453 e. The zero-order valence-corrected chi connectivity index (χ0v) is 15.8. The van der Waals surface area contributed by atoms with Crippen molar-refractivity contribution in [2.24, 2.45) is 0 Å². The van der Waals surface area contributed by atoms with Gasteiger partial charge in [-0.05, 0) is 51.5 Å². The summed E-state index contributed by atoms with van der Waals surface area (Å²) in [5.41, 5.74) is 1.87. The number of carbonyl (C=O) groups excluding carboxylic acids is 1. The smallest absolute Gasteiger partial charge is 0.340 e. The van der Waals surface area contributed by atoms with E-state index in [-0.39, 0.29) is 11.7 Å². The number of aryl methyl sites for hydroxylation is 2. The molecule has 0 N–H and O–H groups in total. The molecule has 6 nitrogen and oxygen atoms in total. The second-order valence-corrected chi connectivity index (χ2v) is 7.05. The van der Waals surface area contributed by atoms with Crippen LogP contribution in [0.25, 0.3) is 5.78 Å². The normalized spacial score (nSPS) is 18.3. The Labute approximate surface area is 155 Å². The lowest BCUT2D eigenvalue weighted by Gasteiger charge is -2.35. The molecule has 2 aromatic heterocycles. The number of aromatic nitrogens is 4. The highest BCUT2D eigenvalue weighted by molar-refractivity contribution is 5.77. The Bertz CT molecular complexity index is 846. The van der Waals surface area contributed by atoms with E-state index < -0.39 is 12.0 Å². The highest BCUT2D eigenvalue weighted by Gasteiger charge is 2.37. The summed E-state index contributed by atoms with van der Waals surface area (Å²) in [5, 5.41) is 3.55. The Morgan fingerprint density at radius 2 is 1.96 bits per heavy atom. The van der Waals surface area contributed by atoms with Gasteiger partial charge in [-0.25, -0.2) is 9.50 Å². The second kappa shape index (κ2) is 7.44. The van der Waals surface area contributed by atoms with Crippen LogP contribution < -0.4 is 0 Å². The van der Waals surface area contributed by atoms with Crippen LogP contribution in [0.2, 0.25) is 0 Å². The predicted octanol–water partition coefficient (Wildman–Crippen LogP) is 3.48. The first-order chi connectivity index (χ1) is 12.7. The Morgan fingerprint density at radius 3 is 2.63 bits per heavy atom. The van der Waals surface area contributed by atoms with Gasteiger partial charge >= 0.3 is 6.18 Å². The number of hydrogen-bond donors (Lipinski definition) is 0. The Hall–Kier alpha value is -2.19. The van der Waals surface area contributed by atoms with Gasteiger partial charge in [0.25, 0.3) is 11.6 Å². The van der Waals surface area contributed by atoms with Gasteiger partial charge in [0.1, 0.15) is 0 Å². The molecule has 2 aromatic rings. The molecule has 0 aliphatic carbocycles. The van der Waals surface area contributed by atoms with Gasteiger partial charge in [0.05, 0.1) is 0 Å². The largest absolute Gasteiger partial charge is 0.453 e. The lowest BCUT2D eigenvalue weighted by Crippen LogP contribution is -2.43. The molecule has 0 aromatic carbocycles. The summed E-state index contributed by atoms with van der Waals surface area (Å²) in [7, 11) is 0. The number of alkyl halides is 3. The SMILES string of the molecule is CC[C@H]1CCCCN1C(=O)CCc1c(C)nc2nc(C(F)(F)F)nn2c1C. The van der Waals surface area contributed by atoms with Crippen LogP contribution in [0.15, 0.2) is 0 Å². The van der Waals surface area contributed by atoms with Gasteiger partial charge in [-0.1, -0.05) is 6.92 Å². The maximum atomic E-state index is 12.9. The molecule has 3 heterocycles. The van der Waals surface area contributed by atoms with Crippen molar-refractivity contribution in [3.05, 3.63) is 22.8 Å². The van der Waals surface area contributed by atoms with E-state index in [0.29, 0.717) is 30.3 Å². The molecule has 1 aliphatic rings. The Balaban J connectivity index is 1.81. The quantitative estimate of drug-likeness (QED) is 0.811. The summed E-state index contributed by atoms with van der Waals surface area (Å²) >= 11 is 0. The van der Waals surface area contributed by atoms with Crippen molar-refractivity contribution in [1.29, 1.82) is 0 Å². The minimum absolute atomic E-state index is 0.0746. The molecule has 148 valence electrons. The van der Waals surface area contributed by atoms with Crippen LogP contribution in [0.5, 0.6) is 0 Å². The topological polar surface area (TPSA) is 63.4 Å². The van der Waals surface area contributed by atoms with E-state index in [9.17, 15) is 18.0 Å². The van der Waals surface area contributed by atoms with E-state index in [1.54, 1.807) is 13.8 Å².